The molecule has 3 aliphatic heterocycles. The molecule has 0 spiro atoms. The summed E-state index contributed by atoms with van der Waals surface area (Å²) >= 11 is 0. The van der Waals surface area contributed by atoms with Crippen LogP contribution in [0.25, 0.3) is 0 Å². The van der Waals surface area contributed by atoms with E-state index in [0.29, 0.717) is 24.3 Å². The topological polar surface area (TPSA) is 143 Å². The molecule has 1 aromatic rings. The third kappa shape index (κ3) is 3.02. The molecule has 3 aliphatic rings. The van der Waals surface area contributed by atoms with Crippen molar-refractivity contribution in [3.05, 3.63) is 18.2 Å². The Balaban J connectivity index is 1.38. The molecule has 0 radical (unpaired) electrons. The Labute approximate surface area is 148 Å². The summed E-state index contributed by atoms with van der Waals surface area (Å²) in [7, 11) is -4.82. The zero-order valence-corrected chi connectivity index (χ0v) is 14.3. The first-order valence-electron chi connectivity index (χ1n) is 8.07. The molecule has 3 amide bonds. The van der Waals surface area contributed by atoms with Crippen molar-refractivity contribution in [3.63, 3.8) is 0 Å². The molecule has 2 saturated heterocycles. The number of hydrogen-bond donors (Lipinski definition) is 2. The number of imidazole rings is 1. The molecule has 0 saturated carbocycles. The van der Waals surface area contributed by atoms with Crippen LogP contribution in [0.3, 0.4) is 0 Å². The summed E-state index contributed by atoms with van der Waals surface area (Å²) in [4.78, 5) is 35.6. The van der Waals surface area contributed by atoms with E-state index >= 15 is 0 Å². The number of hydrogen-bond acceptors (Lipinski definition) is 7. The molecule has 4 heterocycles. The first kappa shape index (κ1) is 17.2. The van der Waals surface area contributed by atoms with E-state index in [1.165, 1.54) is 4.90 Å². The lowest BCUT2D eigenvalue weighted by Gasteiger charge is -2.29. The van der Waals surface area contributed by atoms with Gasteiger partial charge in [0, 0.05) is 31.9 Å². The highest BCUT2D eigenvalue weighted by Crippen LogP contribution is 2.31. The van der Waals surface area contributed by atoms with Crippen molar-refractivity contribution in [1.29, 1.82) is 0 Å². The number of nitrogens with zero attached hydrogens (tertiary/aromatic N) is 4. The molecule has 4 rings (SSSR count). The Morgan fingerprint density at radius 2 is 2.15 bits per heavy atom. The highest BCUT2D eigenvalue weighted by molar-refractivity contribution is 7.80. The van der Waals surface area contributed by atoms with E-state index in [-0.39, 0.29) is 12.6 Å². The van der Waals surface area contributed by atoms with Crippen LogP contribution < -0.4 is 5.48 Å². The maximum atomic E-state index is 12.4. The first-order valence-corrected chi connectivity index (χ1v) is 9.43. The van der Waals surface area contributed by atoms with Crippen LogP contribution in [0.1, 0.15) is 31.2 Å². The molecule has 1 aromatic heterocycles. The van der Waals surface area contributed by atoms with E-state index in [9.17, 15) is 18.0 Å². The Morgan fingerprint density at radius 3 is 2.92 bits per heavy atom. The summed E-state index contributed by atoms with van der Waals surface area (Å²) in [5.74, 6) is 0.217. The van der Waals surface area contributed by atoms with Crippen LogP contribution in [0.15, 0.2) is 12.4 Å². The largest absolute Gasteiger partial charge is 0.418 e. The van der Waals surface area contributed by atoms with Gasteiger partial charge in [-0.3, -0.25) is 14.2 Å². The molecule has 2 bridgehead atoms. The second-order valence-electron chi connectivity index (χ2n) is 6.35. The van der Waals surface area contributed by atoms with Gasteiger partial charge in [-0.1, -0.05) is 0 Å². The van der Waals surface area contributed by atoms with Gasteiger partial charge in [-0.15, -0.1) is 4.28 Å². The Hall–Kier alpha value is -2.22. The highest BCUT2D eigenvalue weighted by Gasteiger charge is 2.49. The van der Waals surface area contributed by atoms with Gasteiger partial charge in [-0.2, -0.15) is 13.5 Å². The number of fused-ring (bicyclic) bond motifs is 3. The van der Waals surface area contributed by atoms with Gasteiger partial charge in [0.05, 0.1) is 6.04 Å². The summed E-state index contributed by atoms with van der Waals surface area (Å²) < 4.78 is 36.8. The van der Waals surface area contributed by atoms with Crippen molar-refractivity contribution in [2.45, 2.75) is 44.0 Å². The Kier molecular flexibility index (Phi) is 4.10. The molecule has 12 nitrogen and oxygen atoms in total. The van der Waals surface area contributed by atoms with Crippen LogP contribution in [0.4, 0.5) is 4.79 Å². The van der Waals surface area contributed by atoms with Crippen LogP contribution in [-0.4, -0.2) is 63.1 Å². The molecule has 3 atom stereocenters. The van der Waals surface area contributed by atoms with Crippen molar-refractivity contribution < 1.29 is 31.7 Å². The van der Waals surface area contributed by atoms with Crippen molar-refractivity contribution in [2.75, 3.05) is 6.54 Å². The number of piperidine rings is 1. The lowest BCUT2D eigenvalue weighted by molar-refractivity contribution is -0.144. The maximum absolute atomic E-state index is 12.4. The van der Waals surface area contributed by atoms with Crippen molar-refractivity contribution in [3.8, 4) is 0 Å². The van der Waals surface area contributed by atoms with Gasteiger partial charge >= 0.3 is 16.4 Å². The minimum atomic E-state index is -4.82. The third-order valence-electron chi connectivity index (χ3n) is 4.77. The average molecular weight is 387 g/mol. The average Bonchev–Trinajstić information content (AvgIpc) is 3.24. The van der Waals surface area contributed by atoms with Crippen LogP contribution in [0.2, 0.25) is 0 Å². The van der Waals surface area contributed by atoms with Gasteiger partial charge in [0.25, 0.3) is 5.91 Å². The lowest BCUT2D eigenvalue weighted by Crippen LogP contribution is -2.49. The molecule has 26 heavy (non-hydrogen) atoms. The summed E-state index contributed by atoms with van der Waals surface area (Å²) in [5.41, 5.74) is 2.38. The zero-order valence-electron chi connectivity index (χ0n) is 13.5. The quantitative estimate of drug-likeness (QED) is 0.502. The van der Waals surface area contributed by atoms with Crippen molar-refractivity contribution in [1.82, 2.24) is 25.0 Å². The molecular weight excluding hydrogens is 370 g/mol. The first-order chi connectivity index (χ1) is 12.3. The molecular formula is C13H17N5O7S. The summed E-state index contributed by atoms with van der Waals surface area (Å²) in [6, 6.07) is -2.15. The summed E-state index contributed by atoms with van der Waals surface area (Å²) in [5, 5.41) is 0.594. The molecule has 13 heteroatoms. The van der Waals surface area contributed by atoms with E-state index in [4.69, 9.17) is 9.39 Å². The summed E-state index contributed by atoms with van der Waals surface area (Å²) in [6.07, 6.45) is 4.46. The fourth-order valence-corrected chi connectivity index (χ4v) is 3.98. The Bertz CT molecular complexity index is 840. The van der Waals surface area contributed by atoms with Gasteiger partial charge in [0.2, 0.25) is 0 Å². The molecule has 3 unspecified atom stereocenters. The number of hydroxylamine groups is 3. The second-order valence-corrected chi connectivity index (χ2v) is 7.35. The van der Waals surface area contributed by atoms with Crippen LogP contribution in [-0.2, 0) is 30.9 Å². The second kappa shape index (κ2) is 6.19. The molecule has 142 valence electrons. The van der Waals surface area contributed by atoms with E-state index < -0.39 is 34.4 Å². The number of carbonyl (C=O) groups excluding carboxylic acids is 2. The van der Waals surface area contributed by atoms with E-state index in [1.54, 1.807) is 6.20 Å². The number of urea groups is 1. The minimum Gasteiger partial charge on any atom is -0.333 e. The minimum absolute atomic E-state index is 0.125. The SMILES string of the molecule is O=C(NOC1CCn2ccnc21)C1CCC2CN1C(=O)N2OS(=O)(=O)O. The van der Waals surface area contributed by atoms with Gasteiger partial charge < -0.3 is 9.47 Å². The Morgan fingerprint density at radius 1 is 1.35 bits per heavy atom. The van der Waals surface area contributed by atoms with Gasteiger partial charge in [0.1, 0.15) is 18.0 Å². The predicted molar refractivity (Wildman–Crippen MR) is 82.2 cm³/mol. The summed E-state index contributed by atoms with van der Waals surface area (Å²) in [6.45, 7) is 0.869. The van der Waals surface area contributed by atoms with E-state index in [0.717, 1.165) is 12.4 Å². The number of amides is 3. The monoisotopic (exact) mass is 387 g/mol. The fourth-order valence-electron chi connectivity index (χ4n) is 3.60. The third-order valence-corrected chi connectivity index (χ3v) is 5.12. The number of aromatic nitrogens is 2. The normalized spacial score (nSPS) is 27.7. The fraction of sp³-hybridized carbons (Fsp3) is 0.615. The maximum Gasteiger partial charge on any atom is 0.418 e. The van der Waals surface area contributed by atoms with Crippen LogP contribution >= 0.6 is 0 Å². The lowest BCUT2D eigenvalue weighted by atomic mass is 10.0. The molecule has 2 N–H and O–H groups in total. The van der Waals surface area contributed by atoms with Gasteiger partial charge in [-0.25, -0.2) is 15.3 Å². The van der Waals surface area contributed by atoms with Crippen LogP contribution in [0, 0.1) is 0 Å². The predicted octanol–water partition coefficient (Wildman–Crippen LogP) is -0.621. The van der Waals surface area contributed by atoms with Crippen molar-refractivity contribution >= 4 is 22.3 Å². The highest BCUT2D eigenvalue weighted by atomic mass is 32.3. The standard InChI is InChI=1S/C13H17N5O7S/c19-12(15-24-10-3-5-16-6-4-14-11(10)16)9-2-1-8-7-17(9)13(20)18(8)25-26(21,22)23/h4,6,8-10H,1-3,5,7H2,(H,15,19)(H,21,22,23). The molecule has 2 fully saturated rings. The van der Waals surface area contributed by atoms with Crippen molar-refractivity contribution in [2.24, 2.45) is 0 Å². The zero-order chi connectivity index (χ0) is 18.5. The van der Waals surface area contributed by atoms with E-state index in [1.807, 2.05) is 10.8 Å². The van der Waals surface area contributed by atoms with E-state index in [2.05, 4.69) is 14.7 Å². The number of carbonyl (C=O) groups is 2. The number of aryl methyl sites for hydroxylation is 1. The van der Waals surface area contributed by atoms with Gasteiger partial charge in [-0.05, 0) is 12.8 Å². The smallest absolute Gasteiger partial charge is 0.333 e. The molecule has 0 aliphatic carbocycles. The number of rotatable bonds is 5. The van der Waals surface area contributed by atoms with Crippen LogP contribution in [0.5, 0.6) is 0 Å². The number of nitrogens with one attached hydrogen (secondary N) is 1. The molecule has 0 aromatic carbocycles. The van der Waals surface area contributed by atoms with Gasteiger partial charge in [0.15, 0.2) is 0 Å².